The molecule has 0 aliphatic rings. The maximum atomic E-state index is 12.9. The van der Waals surface area contributed by atoms with Gasteiger partial charge >= 0.3 is 0 Å². The van der Waals surface area contributed by atoms with Crippen molar-refractivity contribution >= 4 is 44.9 Å². The van der Waals surface area contributed by atoms with E-state index < -0.39 is 0 Å². The molecule has 1 amide bonds. The van der Waals surface area contributed by atoms with Crippen LogP contribution < -0.4 is 26.2 Å². The highest BCUT2D eigenvalue weighted by Gasteiger charge is 2.17. The minimum absolute atomic E-state index is 0.0282. The number of nitrogen functional groups attached to an aromatic ring is 1. The van der Waals surface area contributed by atoms with Gasteiger partial charge in [0, 0.05) is 22.7 Å². The second kappa shape index (κ2) is 9.33. The quantitative estimate of drug-likeness (QED) is 0.242. The number of hydrogen-bond acceptors (Lipinski definition) is 8. The molecule has 10 heteroatoms. The predicted molar refractivity (Wildman–Crippen MR) is 128 cm³/mol. The van der Waals surface area contributed by atoms with Crippen LogP contribution in [-0.4, -0.2) is 35.5 Å². The fraction of sp³-hybridized carbons (Fsp3) is 0.136. The van der Waals surface area contributed by atoms with Crippen LogP contribution in [0.1, 0.15) is 0 Å². The number of carbonyl (C=O) groups excluding carboxylic acids is 1. The monoisotopic (exact) mass is 468 g/mol. The van der Waals surface area contributed by atoms with Gasteiger partial charge in [-0.2, -0.15) is 0 Å². The van der Waals surface area contributed by atoms with E-state index in [-0.39, 0.29) is 22.4 Å². The van der Waals surface area contributed by atoms with Gasteiger partial charge in [0.05, 0.1) is 25.4 Å². The number of thioether (sulfide) groups is 1. The average Bonchev–Trinajstić information content (AvgIpc) is 3.25. The van der Waals surface area contributed by atoms with Crippen LogP contribution in [0.5, 0.6) is 11.5 Å². The SMILES string of the molecule is COc1ccc(NC(=O)CSc2nc3scc(-c4ccccc4)c3c(=O)n2N)cc1OC. The molecular weight excluding hydrogens is 448 g/mol. The average molecular weight is 469 g/mol. The topological polar surface area (TPSA) is 108 Å². The molecule has 0 bridgehead atoms. The first-order valence-electron chi connectivity index (χ1n) is 9.51. The summed E-state index contributed by atoms with van der Waals surface area (Å²) in [6.07, 6.45) is 0. The number of fused-ring (bicyclic) bond motifs is 1. The molecule has 32 heavy (non-hydrogen) atoms. The molecule has 4 rings (SSSR count). The lowest BCUT2D eigenvalue weighted by Gasteiger charge is -2.11. The van der Waals surface area contributed by atoms with Crippen molar-refractivity contribution < 1.29 is 14.3 Å². The lowest BCUT2D eigenvalue weighted by atomic mass is 10.1. The number of aromatic nitrogens is 2. The normalized spacial score (nSPS) is 10.8. The number of carbonyl (C=O) groups is 1. The minimum atomic E-state index is -0.349. The van der Waals surface area contributed by atoms with Crippen molar-refractivity contribution in [1.82, 2.24) is 9.66 Å². The van der Waals surface area contributed by atoms with Crippen LogP contribution >= 0.6 is 23.1 Å². The van der Waals surface area contributed by atoms with Gasteiger partial charge in [0.2, 0.25) is 5.91 Å². The summed E-state index contributed by atoms with van der Waals surface area (Å²) in [6.45, 7) is 0. The maximum Gasteiger partial charge on any atom is 0.282 e. The van der Waals surface area contributed by atoms with E-state index >= 15 is 0 Å². The Morgan fingerprint density at radius 1 is 1.16 bits per heavy atom. The second-order valence-corrected chi connectivity index (χ2v) is 8.47. The first kappa shape index (κ1) is 21.7. The summed E-state index contributed by atoms with van der Waals surface area (Å²) in [4.78, 5) is 30.5. The third kappa shape index (κ3) is 4.27. The van der Waals surface area contributed by atoms with Crippen LogP contribution in [0.2, 0.25) is 0 Å². The van der Waals surface area contributed by atoms with Crippen molar-refractivity contribution in [3.63, 3.8) is 0 Å². The molecular formula is C22H20N4O4S2. The number of thiophene rings is 1. The first-order chi connectivity index (χ1) is 15.5. The Morgan fingerprint density at radius 2 is 1.91 bits per heavy atom. The van der Waals surface area contributed by atoms with E-state index in [9.17, 15) is 9.59 Å². The third-order valence-corrected chi connectivity index (χ3v) is 6.52. The van der Waals surface area contributed by atoms with Crippen molar-refractivity contribution in [1.29, 1.82) is 0 Å². The molecule has 0 aliphatic heterocycles. The van der Waals surface area contributed by atoms with Gasteiger partial charge in [0.25, 0.3) is 5.56 Å². The molecule has 0 atom stereocenters. The van der Waals surface area contributed by atoms with Gasteiger partial charge in [0.1, 0.15) is 4.83 Å². The van der Waals surface area contributed by atoms with Crippen LogP contribution in [0.4, 0.5) is 5.69 Å². The molecule has 4 aromatic rings. The van der Waals surface area contributed by atoms with E-state index in [0.29, 0.717) is 27.4 Å². The van der Waals surface area contributed by atoms with Crippen LogP contribution in [0.15, 0.2) is 63.9 Å². The second-order valence-electron chi connectivity index (χ2n) is 6.67. The minimum Gasteiger partial charge on any atom is -0.493 e. The number of nitrogens with two attached hydrogens (primary N) is 1. The summed E-state index contributed by atoms with van der Waals surface area (Å²) in [5.41, 5.74) is 1.93. The Kier molecular flexibility index (Phi) is 6.33. The zero-order chi connectivity index (χ0) is 22.7. The van der Waals surface area contributed by atoms with Gasteiger partial charge in [-0.25, -0.2) is 9.66 Å². The summed E-state index contributed by atoms with van der Waals surface area (Å²) in [6, 6.07) is 14.7. The molecule has 0 aliphatic carbocycles. The van der Waals surface area contributed by atoms with Crippen molar-refractivity contribution in [2.45, 2.75) is 5.16 Å². The first-order valence-corrected chi connectivity index (χ1v) is 11.4. The Hall–Kier alpha value is -3.50. The number of rotatable bonds is 7. The molecule has 3 N–H and O–H groups in total. The summed E-state index contributed by atoms with van der Waals surface area (Å²) in [5.74, 6) is 6.86. The lowest BCUT2D eigenvalue weighted by molar-refractivity contribution is -0.113. The van der Waals surface area contributed by atoms with E-state index in [1.54, 1.807) is 25.3 Å². The van der Waals surface area contributed by atoms with E-state index in [4.69, 9.17) is 15.3 Å². The predicted octanol–water partition coefficient (Wildman–Crippen LogP) is 3.59. The largest absolute Gasteiger partial charge is 0.493 e. The van der Waals surface area contributed by atoms with Gasteiger partial charge in [-0.1, -0.05) is 42.1 Å². The summed E-state index contributed by atoms with van der Waals surface area (Å²) < 4.78 is 11.4. The molecule has 2 aromatic heterocycles. The van der Waals surface area contributed by atoms with E-state index in [1.165, 1.54) is 18.4 Å². The highest BCUT2D eigenvalue weighted by molar-refractivity contribution is 7.99. The van der Waals surface area contributed by atoms with E-state index in [1.807, 2.05) is 35.7 Å². The van der Waals surface area contributed by atoms with Crippen molar-refractivity contribution in [3.05, 3.63) is 64.3 Å². The van der Waals surface area contributed by atoms with Gasteiger partial charge in [-0.15, -0.1) is 11.3 Å². The summed E-state index contributed by atoms with van der Waals surface area (Å²) in [5, 5.41) is 5.43. The number of benzene rings is 2. The molecule has 2 aromatic carbocycles. The van der Waals surface area contributed by atoms with Gasteiger partial charge in [-0.05, 0) is 17.7 Å². The van der Waals surface area contributed by atoms with Crippen LogP contribution in [-0.2, 0) is 4.79 Å². The molecule has 0 spiro atoms. The number of ether oxygens (including phenoxy) is 2. The summed E-state index contributed by atoms with van der Waals surface area (Å²) in [7, 11) is 3.06. The van der Waals surface area contributed by atoms with Gasteiger partial charge in [0.15, 0.2) is 16.7 Å². The van der Waals surface area contributed by atoms with E-state index in [2.05, 4.69) is 10.3 Å². The third-order valence-electron chi connectivity index (χ3n) is 4.69. The molecule has 164 valence electrons. The fourth-order valence-corrected chi connectivity index (χ4v) is 4.86. The fourth-order valence-electron chi connectivity index (χ4n) is 3.16. The smallest absolute Gasteiger partial charge is 0.282 e. The Morgan fingerprint density at radius 3 is 2.62 bits per heavy atom. The number of nitrogens with one attached hydrogen (secondary N) is 1. The van der Waals surface area contributed by atoms with Crippen molar-refractivity contribution in [2.24, 2.45) is 0 Å². The van der Waals surface area contributed by atoms with Gasteiger partial charge in [-0.3, -0.25) is 9.59 Å². The molecule has 0 unspecified atom stereocenters. The Bertz CT molecular complexity index is 1340. The zero-order valence-electron chi connectivity index (χ0n) is 17.3. The number of methoxy groups -OCH3 is 2. The number of nitrogens with zero attached hydrogens (tertiary/aromatic N) is 2. The molecule has 8 nitrogen and oxygen atoms in total. The van der Waals surface area contributed by atoms with Crippen LogP contribution in [0, 0.1) is 0 Å². The van der Waals surface area contributed by atoms with Crippen molar-refractivity contribution in [3.8, 4) is 22.6 Å². The molecule has 0 saturated carbocycles. The Labute approximate surface area is 192 Å². The van der Waals surface area contributed by atoms with Crippen LogP contribution in [0.3, 0.4) is 0 Å². The molecule has 0 fully saturated rings. The van der Waals surface area contributed by atoms with Gasteiger partial charge < -0.3 is 20.6 Å². The highest BCUT2D eigenvalue weighted by atomic mass is 32.2. The summed E-state index contributed by atoms with van der Waals surface area (Å²) >= 11 is 2.46. The van der Waals surface area contributed by atoms with Crippen molar-refractivity contribution in [2.75, 3.05) is 31.1 Å². The van der Waals surface area contributed by atoms with E-state index in [0.717, 1.165) is 27.6 Å². The molecule has 2 heterocycles. The number of amides is 1. The molecule has 0 radical (unpaired) electrons. The number of hydrogen-bond donors (Lipinski definition) is 2. The Balaban J connectivity index is 1.52. The number of anilines is 1. The zero-order valence-corrected chi connectivity index (χ0v) is 19.0. The van der Waals surface area contributed by atoms with Crippen LogP contribution in [0.25, 0.3) is 21.3 Å². The standard InChI is InChI=1S/C22H20N4O4S2/c1-29-16-9-8-14(10-17(16)30-2)24-18(27)12-32-22-25-20-19(21(28)26(22)23)15(11-31-20)13-6-4-3-5-7-13/h3-11H,12,23H2,1-2H3,(H,24,27). The lowest BCUT2D eigenvalue weighted by Crippen LogP contribution is -2.30. The maximum absolute atomic E-state index is 12.9. The molecule has 0 saturated heterocycles. The highest BCUT2D eigenvalue weighted by Crippen LogP contribution is 2.32.